The van der Waals surface area contributed by atoms with Crippen LogP contribution in [0.2, 0.25) is 0 Å². The molecular formula is C31H40FN3O5. The standard InChI is InChI=1S/C31H40FN3O5/c1-21-6-8-23(9-7-21)20-34-19-16-31(32,28(34)37)35-17-14-25(15-18-35)24-10-12-26(13-11-24)39-27(36)22(2)33-29(38)40-30(3,4)5/h6-13,22,25H,14-20H2,1-5H3,(H,33,38)/t22?,31-/m0/s1. The molecule has 9 heteroatoms. The van der Waals surface area contributed by atoms with Crippen molar-refractivity contribution in [1.82, 2.24) is 15.1 Å². The minimum Gasteiger partial charge on any atom is -0.444 e. The summed E-state index contributed by atoms with van der Waals surface area (Å²) < 4.78 is 26.6. The molecule has 0 bridgehead atoms. The molecular weight excluding hydrogens is 513 g/mol. The van der Waals surface area contributed by atoms with E-state index in [2.05, 4.69) is 5.32 Å². The number of hydrogen-bond acceptors (Lipinski definition) is 6. The smallest absolute Gasteiger partial charge is 0.408 e. The summed E-state index contributed by atoms with van der Waals surface area (Å²) in [6.45, 7) is 10.6. The summed E-state index contributed by atoms with van der Waals surface area (Å²) in [5.41, 5.74) is 2.56. The Morgan fingerprint density at radius 1 is 1.05 bits per heavy atom. The minimum atomic E-state index is -1.95. The number of hydrogen-bond donors (Lipinski definition) is 1. The number of carbonyl (C=O) groups excluding carboxylic acids is 3. The molecule has 40 heavy (non-hydrogen) atoms. The summed E-state index contributed by atoms with van der Waals surface area (Å²) in [6.07, 6.45) is 0.954. The Kier molecular flexibility index (Phi) is 8.83. The number of alkyl halides is 1. The van der Waals surface area contributed by atoms with E-state index in [-0.39, 0.29) is 12.3 Å². The normalized spacial score (nSPS) is 21.2. The van der Waals surface area contributed by atoms with E-state index in [0.29, 0.717) is 31.9 Å². The summed E-state index contributed by atoms with van der Waals surface area (Å²) in [6, 6.07) is 14.4. The molecule has 0 saturated carbocycles. The number of rotatable bonds is 7. The zero-order chi connectivity index (χ0) is 29.1. The molecule has 2 aliphatic rings. The number of nitrogens with zero attached hydrogens (tertiary/aromatic N) is 2. The Labute approximate surface area is 235 Å². The highest BCUT2D eigenvalue weighted by Crippen LogP contribution is 2.37. The number of amides is 2. The average Bonchev–Trinajstić information content (AvgIpc) is 3.19. The Bertz CT molecular complexity index is 1200. The third-order valence-corrected chi connectivity index (χ3v) is 7.47. The number of piperidine rings is 1. The van der Waals surface area contributed by atoms with Crippen molar-refractivity contribution in [3.05, 3.63) is 65.2 Å². The average molecular weight is 554 g/mol. The first-order valence-corrected chi connectivity index (χ1v) is 13.9. The van der Waals surface area contributed by atoms with Crippen LogP contribution in [0.4, 0.5) is 9.18 Å². The van der Waals surface area contributed by atoms with Crippen molar-refractivity contribution in [1.29, 1.82) is 0 Å². The quantitative estimate of drug-likeness (QED) is 0.292. The maximum Gasteiger partial charge on any atom is 0.408 e. The van der Waals surface area contributed by atoms with Crippen LogP contribution in [0.1, 0.15) is 69.6 Å². The van der Waals surface area contributed by atoms with Gasteiger partial charge in [-0.2, -0.15) is 0 Å². The summed E-state index contributed by atoms with van der Waals surface area (Å²) in [5.74, 6) is -2.39. The van der Waals surface area contributed by atoms with Gasteiger partial charge in [0.15, 0.2) is 0 Å². The van der Waals surface area contributed by atoms with Crippen LogP contribution in [0, 0.1) is 6.92 Å². The molecule has 8 nitrogen and oxygen atoms in total. The van der Waals surface area contributed by atoms with Crippen molar-refractivity contribution < 1.29 is 28.2 Å². The highest BCUT2D eigenvalue weighted by Gasteiger charge is 2.52. The Morgan fingerprint density at radius 2 is 1.68 bits per heavy atom. The summed E-state index contributed by atoms with van der Waals surface area (Å²) >= 11 is 0. The van der Waals surface area contributed by atoms with Crippen LogP contribution in [0.25, 0.3) is 0 Å². The molecule has 2 heterocycles. The molecule has 2 atom stereocenters. The third kappa shape index (κ3) is 7.18. The number of likely N-dealkylation sites (tertiary alicyclic amines) is 2. The van der Waals surface area contributed by atoms with E-state index in [9.17, 15) is 14.4 Å². The fourth-order valence-corrected chi connectivity index (χ4v) is 5.22. The number of benzene rings is 2. The molecule has 2 aliphatic heterocycles. The van der Waals surface area contributed by atoms with Crippen molar-refractivity contribution in [2.75, 3.05) is 19.6 Å². The van der Waals surface area contributed by atoms with E-state index in [1.165, 1.54) is 6.92 Å². The Morgan fingerprint density at radius 3 is 2.27 bits per heavy atom. The molecule has 0 aromatic heterocycles. The first-order chi connectivity index (χ1) is 18.8. The van der Waals surface area contributed by atoms with Crippen LogP contribution in [-0.2, 0) is 20.9 Å². The second-order valence-corrected chi connectivity index (χ2v) is 11.8. The predicted octanol–water partition coefficient (Wildman–Crippen LogP) is 5.09. The van der Waals surface area contributed by atoms with Crippen molar-refractivity contribution in [2.45, 2.75) is 83.8 Å². The molecule has 2 aromatic carbocycles. The van der Waals surface area contributed by atoms with Crippen molar-refractivity contribution in [3.63, 3.8) is 0 Å². The van der Waals surface area contributed by atoms with Gasteiger partial charge in [-0.1, -0.05) is 42.0 Å². The Hall–Kier alpha value is -3.46. The molecule has 1 unspecified atom stereocenters. The number of nitrogens with one attached hydrogen (secondary N) is 1. The number of aryl methyl sites for hydroxylation is 1. The number of halogens is 1. The Balaban J connectivity index is 1.26. The molecule has 4 rings (SSSR count). The van der Waals surface area contributed by atoms with Gasteiger partial charge in [-0.15, -0.1) is 0 Å². The van der Waals surface area contributed by atoms with Crippen molar-refractivity contribution in [2.24, 2.45) is 0 Å². The van der Waals surface area contributed by atoms with Crippen molar-refractivity contribution in [3.8, 4) is 5.75 Å². The fourth-order valence-electron chi connectivity index (χ4n) is 5.22. The highest BCUT2D eigenvalue weighted by atomic mass is 19.1. The molecule has 0 spiro atoms. The molecule has 0 aliphatic carbocycles. The van der Waals surface area contributed by atoms with Gasteiger partial charge >= 0.3 is 12.1 Å². The van der Waals surface area contributed by atoms with Gasteiger partial charge in [0.1, 0.15) is 17.4 Å². The number of esters is 1. The lowest BCUT2D eigenvalue weighted by Gasteiger charge is -2.38. The lowest BCUT2D eigenvalue weighted by molar-refractivity contribution is -0.151. The zero-order valence-corrected chi connectivity index (χ0v) is 24.0. The van der Waals surface area contributed by atoms with Gasteiger partial charge in [-0.05, 0) is 76.6 Å². The van der Waals surface area contributed by atoms with E-state index in [1.54, 1.807) is 42.7 Å². The molecule has 216 valence electrons. The maximum absolute atomic E-state index is 16.0. The zero-order valence-electron chi connectivity index (χ0n) is 24.0. The van der Waals surface area contributed by atoms with E-state index < -0.39 is 35.4 Å². The molecule has 2 fully saturated rings. The van der Waals surface area contributed by atoms with E-state index in [4.69, 9.17) is 9.47 Å². The second-order valence-electron chi connectivity index (χ2n) is 11.8. The van der Waals surface area contributed by atoms with Crippen LogP contribution < -0.4 is 10.1 Å². The third-order valence-electron chi connectivity index (χ3n) is 7.47. The van der Waals surface area contributed by atoms with Gasteiger partial charge in [-0.25, -0.2) is 14.0 Å². The predicted molar refractivity (Wildman–Crippen MR) is 150 cm³/mol. The number of alkyl carbamates (subject to hydrolysis) is 1. The minimum absolute atomic E-state index is 0.184. The van der Waals surface area contributed by atoms with Gasteiger partial charge in [0.2, 0.25) is 5.79 Å². The summed E-state index contributed by atoms with van der Waals surface area (Å²) in [7, 11) is 0. The molecule has 2 saturated heterocycles. The van der Waals surface area contributed by atoms with Crippen molar-refractivity contribution >= 4 is 18.0 Å². The van der Waals surface area contributed by atoms with Crippen LogP contribution >= 0.6 is 0 Å². The molecule has 2 aromatic rings. The van der Waals surface area contributed by atoms with E-state index in [1.807, 2.05) is 43.3 Å². The maximum atomic E-state index is 16.0. The topological polar surface area (TPSA) is 88.2 Å². The van der Waals surface area contributed by atoms with Crippen LogP contribution in [-0.4, -0.2) is 64.8 Å². The molecule has 2 amide bonds. The molecule has 0 radical (unpaired) electrons. The monoisotopic (exact) mass is 553 g/mol. The first kappa shape index (κ1) is 29.5. The van der Waals surface area contributed by atoms with Crippen LogP contribution in [0.15, 0.2) is 48.5 Å². The summed E-state index contributed by atoms with van der Waals surface area (Å²) in [5, 5.41) is 2.47. The highest BCUT2D eigenvalue weighted by molar-refractivity contribution is 5.87. The lowest BCUT2D eigenvalue weighted by Crippen LogP contribution is -2.53. The first-order valence-electron chi connectivity index (χ1n) is 13.9. The fraction of sp³-hybridized carbons (Fsp3) is 0.516. The largest absolute Gasteiger partial charge is 0.444 e. The van der Waals surface area contributed by atoms with Gasteiger partial charge < -0.3 is 19.7 Å². The van der Waals surface area contributed by atoms with Crippen LogP contribution in [0.5, 0.6) is 5.75 Å². The van der Waals surface area contributed by atoms with Gasteiger partial charge in [0.25, 0.3) is 5.91 Å². The number of carbonyl (C=O) groups is 3. The van der Waals surface area contributed by atoms with Gasteiger partial charge in [0, 0.05) is 32.6 Å². The lowest BCUT2D eigenvalue weighted by atomic mass is 9.88. The second kappa shape index (κ2) is 12.0. The van der Waals surface area contributed by atoms with E-state index in [0.717, 1.165) is 29.5 Å². The summed E-state index contributed by atoms with van der Waals surface area (Å²) in [4.78, 5) is 40.7. The van der Waals surface area contributed by atoms with E-state index >= 15 is 4.39 Å². The van der Waals surface area contributed by atoms with Gasteiger partial charge in [-0.3, -0.25) is 9.69 Å². The SMILES string of the molecule is Cc1ccc(CN2CC[C@](F)(N3CCC(c4ccc(OC(=O)C(C)NC(=O)OC(C)(C)C)cc4)CC3)C2=O)cc1. The number of ether oxygens (including phenoxy) is 2. The van der Waals surface area contributed by atoms with Crippen LogP contribution in [0.3, 0.4) is 0 Å². The molecule has 1 N–H and O–H groups in total. The van der Waals surface area contributed by atoms with Gasteiger partial charge in [0.05, 0.1) is 0 Å².